The Hall–Kier alpha value is -0.970. The molecule has 1 heterocycles. The van der Waals surface area contributed by atoms with Crippen LogP contribution >= 0.6 is 0 Å². The molecular weight excluding hydrogens is 166 g/mol. The quantitative estimate of drug-likeness (QED) is 0.739. The zero-order chi connectivity index (χ0) is 9.30. The second-order valence-corrected chi connectivity index (χ2v) is 2.53. The van der Waals surface area contributed by atoms with Crippen molar-refractivity contribution in [3.05, 3.63) is 17.0 Å². The Morgan fingerprint density at radius 2 is 2.08 bits per heavy atom. The van der Waals surface area contributed by atoms with Gasteiger partial charge in [-0.25, -0.2) is 4.68 Å². The summed E-state index contributed by atoms with van der Waals surface area (Å²) in [5, 5.41) is 12.4. The molecule has 0 aliphatic heterocycles. The molecule has 0 aliphatic rings. The maximum Gasteiger partial charge on any atom is 0.333 e. The fourth-order valence-electron chi connectivity index (χ4n) is 1.12. The van der Waals surface area contributed by atoms with Crippen molar-refractivity contribution in [2.75, 3.05) is 0 Å². The Bertz CT molecular complexity index is 283. The van der Waals surface area contributed by atoms with Gasteiger partial charge in [0.05, 0.1) is 12.3 Å². The van der Waals surface area contributed by atoms with E-state index in [2.05, 4.69) is 5.10 Å². The van der Waals surface area contributed by atoms with Crippen LogP contribution in [0.4, 0.5) is 8.78 Å². The highest BCUT2D eigenvalue weighted by Gasteiger charge is 2.15. The summed E-state index contributed by atoms with van der Waals surface area (Å²) in [6.07, 6.45) is 0. The average Bonchev–Trinajstić information content (AvgIpc) is 2.27. The first-order valence-electron chi connectivity index (χ1n) is 3.51. The monoisotopic (exact) mass is 176 g/mol. The summed E-state index contributed by atoms with van der Waals surface area (Å²) in [6, 6.07) is 0. The first-order valence-corrected chi connectivity index (χ1v) is 3.51. The van der Waals surface area contributed by atoms with Gasteiger partial charge in [0.25, 0.3) is 0 Å². The molecule has 0 bridgehead atoms. The van der Waals surface area contributed by atoms with Crippen LogP contribution in [-0.4, -0.2) is 14.9 Å². The molecule has 0 fully saturated rings. The van der Waals surface area contributed by atoms with E-state index in [1.807, 2.05) is 0 Å². The van der Waals surface area contributed by atoms with Gasteiger partial charge in [0.2, 0.25) is 0 Å². The molecule has 0 aromatic carbocycles. The van der Waals surface area contributed by atoms with Gasteiger partial charge >= 0.3 is 6.55 Å². The molecule has 68 valence electrons. The molecule has 5 heteroatoms. The molecule has 1 aromatic rings. The zero-order valence-electron chi connectivity index (χ0n) is 6.88. The van der Waals surface area contributed by atoms with Gasteiger partial charge in [0, 0.05) is 11.3 Å². The Morgan fingerprint density at radius 1 is 1.50 bits per heavy atom. The Kier molecular flexibility index (Phi) is 2.42. The third-order valence-electron chi connectivity index (χ3n) is 1.82. The molecular formula is C7H10F2N2O. The number of rotatable bonds is 2. The SMILES string of the molecule is Cc1nn(C(F)F)c(C)c1CO. The summed E-state index contributed by atoms with van der Waals surface area (Å²) < 4.78 is 25.0. The number of halogens is 2. The molecule has 0 saturated heterocycles. The fraction of sp³-hybridized carbons (Fsp3) is 0.571. The number of hydrogen-bond donors (Lipinski definition) is 1. The summed E-state index contributed by atoms with van der Waals surface area (Å²) >= 11 is 0. The van der Waals surface area contributed by atoms with Gasteiger partial charge in [-0.15, -0.1) is 0 Å². The van der Waals surface area contributed by atoms with Gasteiger partial charge in [0.15, 0.2) is 0 Å². The predicted molar refractivity (Wildman–Crippen MR) is 38.9 cm³/mol. The van der Waals surface area contributed by atoms with E-state index in [0.29, 0.717) is 21.6 Å². The summed E-state index contributed by atoms with van der Waals surface area (Å²) in [5.74, 6) is 0. The summed E-state index contributed by atoms with van der Waals surface area (Å²) in [6.45, 7) is 0.225. The van der Waals surface area contributed by atoms with Crippen LogP contribution in [0.2, 0.25) is 0 Å². The Balaban J connectivity index is 3.17. The Labute approximate surface area is 68.6 Å². The van der Waals surface area contributed by atoms with E-state index < -0.39 is 6.55 Å². The minimum atomic E-state index is -2.64. The lowest BCUT2D eigenvalue weighted by atomic mass is 10.2. The first-order chi connectivity index (χ1) is 5.57. The summed E-state index contributed by atoms with van der Waals surface area (Å²) in [7, 11) is 0. The van der Waals surface area contributed by atoms with Crippen LogP contribution in [0.5, 0.6) is 0 Å². The highest BCUT2D eigenvalue weighted by atomic mass is 19.3. The van der Waals surface area contributed by atoms with Crippen LogP contribution in [0, 0.1) is 13.8 Å². The molecule has 1 aromatic heterocycles. The van der Waals surface area contributed by atoms with Crippen molar-refractivity contribution in [3.63, 3.8) is 0 Å². The van der Waals surface area contributed by atoms with Gasteiger partial charge in [0.1, 0.15) is 0 Å². The van der Waals surface area contributed by atoms with Gasteiger partial charge in [-0.05, 0) is 13.8 Å². The van der Waals surface area contributed by atoms with E-state index in [-0.39, 0.29) is 6.61 Å². The van der Waals surface area contributed by atoms with Crippen LogP contribution in [0.1, 0.15) is 23.5 Å². The van der Waals surface area contributed by atoms with Crippen LogP contribution < -0.4 is 0 Å². The van der Waals surface area contributed by atoms with E-state index in [1.54, 1.807) is 6.92 Å². The molecule has 0 amide bonds. The van der Waals surface area contributed by atoms with Crippen LogP contribution in [0.3, 0.4) is 0 Å². The summed E-state index contributed by atoms with van der Waals surface area (Å²) in [4.78, 5) is 0. The number of aryl methyl sites for hydroxylation is 1. The minimum Gasteiger partial charge on any atom is -0.392 e. The molecule has 0 spiro atoms. The van der Waals surface area contributed by atoms with E-state index in [9.17, 15) is 8.78 Å². The van der Waals surface area contributed by atoms with Crippen molar-refractivity contribution in [1.29, 1.82) is 0 Å². The van der Waals surface area contributed by atoms with Crippen LogP contribution in [-0.2, 0) is 6.61 Å². The summed E-state index contributed by atoms with van der Waals surface area (Å²) in [5.41, 5.74) is 1.26. The topological polar surface area (TPSA) is 38.0 Å². The van der Waals surface area contributed by atoms with Gasteiger partial charge in [-0.1, -0.05) is 0 Å². The third kappa shape index (κ3) is 1.32. The largest absolute Gasteiger partial charge is 0.392 e. The number of alkyl halides is 2. The van der Waals surface area contributed by atoms with E-state index >= 15 is 0 Å². The predicted octanol–water partition coefficient (Wildman–Crippen LogP) is 1.39. The van der Waals surface area contributed by atoms with E-state index in [0.717, 1.165) is 0 Å². The van der Waals surface area contributed by atoms with Crippen molar-refractivity contribution in [3.8, 4) is 0 Å². The van der Waals surface area contributed by atoms with Crippen LogP contribution in [0.15, 0.2) is 0 Å². The maximum absolute atomic E-state index is 12.2. The average molecular weight is 176 g/mol. The highest BCUT2D eigenvalue weighted by molar-refractivity contribution is 5.23. The van der Waals surface area contributed by atoms with Crippen molar-refractivity contribution in [2.24, 2.45) is 0 Å². The van der Waals surface area contributed by atoms with E-state index in [4.69, 9.17) is 5.11 Å². The molecule has 1 N–H and O–H groups in total. The third-order valence-corrected chi connectivity index (χ3v) is 1.82. The minimum absolute atomic E-state index is 0.246. The molecule has 1 rings (SSSR count). The lowest BCUT2D eigenvalue weighted by Crippen LogP contribution is -2.02. The van der Waals surface area contributed by atoms with Crippen molar-refractivity contribution in [2.45, 2.75) is 27.0 Å². The molecule has 0 aliphatic carbocycles. The van der Waals surface area contributed by atoms with Crippen molar-refractivity contribution in [1.82, 2.24) is 9.78 Å². The molecule has 0 radical (unpaired) electrons. The number of hydrogen-bond acceptors (Lipinski definition) is 2. The van der Waals surface area contributed by atoms with Gasteiger partial charge < -0.3 is 5.11 Å². The van der Waals surface area contributed by atoms with Crippen LogP contribution in [0.25, 0.3) is 0 Å². The second-order valence-electron chi connectivity index (χ2n) is 2.53. The van der Waals surface area contributed by atoms with E-state index in [1.165, 1.54) is 6.92 Å². The highest BCUT2D eigenvalue weighted by Crippen LogP contribution is 2.18. The van der Waals surface area contributed by atoms with Crippen molar-refractivity contribution >= 4 is 0 Å². The number of aliphatic hydroxyl groups is 1. The van der Waals surface area contributed by atoms with Gasteiger partial charge in [-0.2, -0.15) is 13.9 Å². The lowest BCUT2D eigenvalue weighted by Gasteiger charge is -2.01. The standard InChI is InChI=1S/C7H10F2N2O/c1-4-6(3-12)5(2)11(10-4)7(8)9/h7,12H,3H2,1-2H3. The molecule has 3 nitrogen and oxygen atoms in total. The normalized spacial score (nSPS) is 11.2. The molecule has 12 heavy (non-hydrogen) atoms. The number of aliphatic hydroxyl groups excluding tert-OH is 1. The first kappa shape index (κ1) is 9.12. The van der Waals surface area contributed by atoms with Gasteiger partial charge in [-0.3, -0.25) is 0 Å². The number of nitrogens with zero attached hydrogens (tertiary/aromatic N) is 2. The zero-order valence-corrected chi connectivity index (χ0v) is 6.88. The maximum atomic E-state index is 12.2. The molecule has 0 atom stereocenters. The Morgan fingerprint density at radius 3 is 2.33 bits per heavy atom. The fourth-order valence-corrected chi connectivity index (χ4v) is 1.12. The smallest absolute Gasteiger partial charge is 0.333 e. The second kappa shape index (κ2) is 3.18. The lowest BCUT2D eigenvalue weighted by molar-refractivity contribution is 0.0539. The molecule has 0 saturated carbocycles. The molecule has 0 unspecified atom stereocenters. The van der Waals surface area contributed by atoms with Crippen molar-refractivity contribution < 1.29 is 13.9 Å². The number of aromatic nitrogens is 2.